The molecule has 2 aromatic carbocycles. The molecule has 0 spiro atoms. The lowest BCUT2D eigenvalue weighted by Crippen LogP contribution is -2.54. The highest BCUT2D eigenvalue weighted by molar-refractivity contribution is 6.30. The Bertz CT molecular complexity index is 909. The number of hydrogen-bond donors (Lipinski definition) is 1. The molecule has 34 heavy (non-hydrogen) atoms. The topological polar surface area (TPSA) is 52.7 Å². The molecule has 1 heterocycles. The lowest BCUT2D eigenvalue weighted by atomic mass is 9.93. The van der Waals surface area contributed by atoms with E-state index in [-0.39, 0.29) is 23.9 Å². The fourth-order valence-electron chi connectivity index (χ4n) is 4.65. The van der Waals surface area contributed by atoms with Crippen LogP contribution in [0.15, 0.2) is 54.6 Å². The van der Waals surface area contributed by atoms with E-state index >= 15 is 0 Å². The minimum absolute atomic E-state index is 0.0926. The molecular weight excluding hydrogens is 446 g/mol. The van der Waals surface area contributed by atoms with Gasteiger partial charge in [0.1, 0.15) is 0 Å². The second-order valence-electron chi connectivity index (χ2n) is 9.64. The highest BCUT2D eigenvalue weighted by Gasteiger charge is 2.29. The standard InChI is InChI=1S/C28H38ClN3O2/c1-4-8-24(12-11-21(2)3)27(33)30-28(34)32-19-17-31(18-20-32)26(22-9-6-5-7-10-22)23-13-15-25(29)16-14-23/h5-7,9-10,13-16,21,24,26H,4,8,11-12,17-20H2,1-3H3,(H,30,33,34)/t24-,26?/m0/s1. The molecule has 184 valence electrons. The van der Waals surface area contributed by atoms with Crippen LogP contribution in [0.4, 0.5) is 4.79 Å². The lowest BCUT2D eigenvalue weighted by molar-refractivity contribution is -0.124. The Kier molecular flexibility index (Phi) is 9.97. The van der Waals surface area contributed by atoms with E-state index in [1.807, 2.05) is 18.2 Å². The Hall–Kier alpha value is -2.37. The number of urea groups is 1. The molecule has 0 bridgehead atoms. The molecule has 0 aromatic heterocycles. The average molecular weight is 484 g/mol. The number of carbonyl (C=O) groups is 2. The van der Waals surface area contributed by atoms with Gasteiger partial charge in [-0.1, -0.05) is 87.7 Å². The second kappa shape index (κ2) is 12.9. The summed E-state index contributed by atoms with van der Waals surface area (Å²) in [5.41, 5.74) is 2.39. The van der Waals surface area contributed by atoms with Crippen molar-refractivity contribution in [2.24, 2.45) is 11.8 Å². The highest BCUT2D eigenvalue weighted by Crippen LogP contribution is 2.30. The summed E-state index contributed by atoms with van der Waals surface area (Å²) in [6, 6.07) is 18.2. The number of nitrogens with one attached hydrogen (secondary N) is 1. The number of piperazine rings is 1. The van der Waals surface area contributed by atoms with Crippen LogP contribution < -0.4 is 5.32 Å². The maximum atomic E-state index is 12.9. The van der Waals surface area contributed by atoms with Crippen molar-refractivity contribution in [3.05, 3.63) is 70.7 Å². The van der Waals surface area contributed by atoms with Crippen molar-refractivity contribution in [1.82, 2.24) is 15.1 Å². The van der Waals surface area contributed by atoms with Crippen molar-refractivity contribution in [1.29, 1.82) is 0 Å². The van der Waals surface area contributed by atoms with Crippen LogP contribution in [0.2, 0.25) is 5.02 Å². The SMILES string of the molecule is CCC[C@@H](CCC(C)C)C(=O)NC(=O)N1CCN(C(c2ccccc2)c2ccc(Cl)cc2)CC1. The van der Waals surface area contributed by atoms with Crippen LogP contribution in [-0.4, -0.2) is 47.9 Å². The Morgan fingerprint density at radius 3 is 2.09 bits per heavy atom. The van der Waals surface area contributed by atoms with Gasteiger partial charge in [0, 0.05) is 37.1 Å². The number of hydrogen-bond acceptors (Lipinski definition) is 3. The maximum absolute atomic E-state index is 12.9. The molecule has 1 aliphatic rings. The van der Waals surface area contributed by atoms with Crippen molar-refractivity contribution >= 4 is 23.5 Å². The minimum Gasteiger partial charge on any atom is -0.322 e. The number of imide groups is 1. The molecule has 1 N–H and O–H groups in total. The second-order valence-corrected chi connectivity index (χ2v) is 10.1. The monoisotopic (exact) mass is 483 g/mol. The quantitative estimate of drug-likeness (QED) is 0.466. The number of rotatable bonds is 9. The van der Waals surface area contributed by atoms with Crippen LogP contribution in [0.25, 0.3) is 0 Å². The van der Waals surface area contributed by atoms with Gasteiger partial charge in [0.05, 0.1) is 6.04 Å². The molecule has 6 heteroatoms. The predicted octanol–water partition coefficient (Wildman–Crippen LogP) is 6.14. The van der Waals surface area contributed by atoms with Crippen molar-refractivity contribution < 1.29 is 9.59 Å². The predicted molar refractivity (Wildman–Crippen MR) is 139 cm³/mol. The smallest absolute Gasteiger partial charge is 0.322 e. The first-order valence-electron chi connectivity index (χ1n) is 12.5. The number of carbonyl (C=O) groups excluding carboxylic acids is 2. The Morgan fingerprint density at radius 2 is 1.50 bits per heavy atom. The third-order valence-electron chi connectivity index (χ3n) is 6.60. The van der Waals surface area contributed by atoms with Gasteiger partial charge in [-0.2, -0.15) is 0 Å². The van der Waals surface area contributed by atoms with E-state index in [0.29, 0.717) is 19.0 Å². The summed E-state index contributed by atoms with van der Waals surface area (Å²) in [6.07, 6.45) is 3.59. The van der Waals surface area contributed by atoms with Crippen molar-refractivity contribution in [2.75, 3.05) is 26.2 Å². The van der Waals surface area contributed by atoms with Gasteiger partial charge in [-0.05, 0) is 42.0 Å². The summed E-state index contributed by atoms with van der Waals surface area (Å²) in [5.74, 6) is 0.331. The van der Waals surface area contributed by atoms with Crippen LogP contribution >= 0.6 is 11.6 Å². The number of nitrogens with zero attached hydrogens (tertiary/aromatic N) is 2. The molecule has 0 saturated carbocycles. The fourth-order valence-corrected chi connectivity index (χ4v) is 4.78. The van der Waals surface area contributed by atoms with Gasteiger partial charge >= 0.3 is 6.03 Å². The van der Waals surface area contributed by atoms with Crippen LogP contribution in [0.3, 0.4) is 0 Å². The first-order valence-corrected chi connectivity index (χ1v) is 12.9. The first-order chi connectivity index (χ1) is 16.4. The summed E-state index contributed by atoms with van der Waals surface area (Å²) in [7, 11) is 0. The molecule has 0 aliphatic carbocycles. The summed E-state index contributed by atoms with van der Waals surface area (Å²) >= 11 is 6.13. The Morgan fingerprint density at radius 1 is 0.882 bits per heavy atom. The van der Waals surface area contributed by atoms with E-state index in [1.165, 1.54) is 11.1 Å². The average Bonchev–Trinajstić information content (AvgIpc) is 2.84. The molecule has 5 nitrogen and oxygen atoms in total. The number of amides is 3. The summed E-state index contributed by atoms with van der Waals surface area (Å²) in [6.45, 7) is 9.04. The van der Waals surface area contributed by atoms with E-state index in [1.54, 1.807) is 4.90 Å². The van der Waals surface area contributed by atoms with Crippen molar-refractivity contribution in [3.8, 4) is 0 Å². The molecule has 1 unspecified atom stereocenters. The van der Waals surface area contributed by atoms with Gasteiger partial charge in [0.25, 0.3) is 0 Å². The van der Waals surface area contributed by atoms with Gasteiger partial charge < -0.3 is 4.90 Å². The largest absolute Gasteiger partial charge is 0.324 e. The van der Waals surface area contributed by atoms with E-state index in [2.05, 4.69) is 67.4 Å². The van der Waals surface area contributed by atoms with Crippen LogP contribution in [0.1, 0.15) is 63.6 Å². The highest BCUT2D eigenvalue weighted by atomic mass is 35.5. The van der Waals surface area contributed by atoms with Crippen molar-refractivity contribution in [3.63, 3.8) is 0 Å². The van der Waals surface area contributed by atoms with Gasteiger partial charge in [-0.3, -0.25) is 15.0 Å². The third kappa shape index (κ3) is 7.31. The Labute approximate surface area is 209 Å². The van der Waals surface area contributed by atoms with E-state index in [0.717, 1.165) is 43.8 Å². The molecule has 1 aliphatic heterocycles. The van der Waals surface area contributed by atoms with E-state index in [4.69, 9.17) is 11.6 Å². The maximum Gasteiger partial charge on any atom is 0.324 e. The molecule has 1 fully saturated rings. The summed E-state index contributed by atoms with van der Waals surface area (Å²) < 4.78 is 0. The molecule has 1 saturated heterocycles. The van der Waals surface area contributed by atoms with Gasteiger partial charge in [-0.15, -0.1) is 0 Å². The van der Waals surface area contributed by atoms with Gasteiger partial charge in [0.2, 0.25) is 5.91 Å². The normalized spacial score (nSPS) is 16.3. The zero-order chi connectivity index (χ0) is 24.5. The first kappa shape index (κ1) is 26.2. The molecule has 2 aromatic rings. The summed E-state index contributed by atoms with van der Waals surface area (Å²) in [4.78, 5) is 29.8. The fraction of sp³-hybridized carbons (Fsp3) is 0.500. The molecule has 0 radical (unpaired) electrons. The van der Waals surface area contributed by atoms with Crippen molar-refractivity contribution in [2.45, 2.75) is 52.5 Å². The minimum atomic E-state index is -0.266. The molecule has 2 atom stereocenters. The lowest BCUT2D eigenvalue weighted by Gasteiger charge is -2.39. The van der Waals surface area contributed by atoms with E-state index in [9.17, 15) is 9.59 Å². The van der Waals surface area contributed by atoms with Gasteiger partial charge in [-0.25, -0.2) is 4.79 Å². The zero-order valence-electron chi connectivity index (χ0n) is 20.7. The Balaban J connectivity index is 1.62. The van der Waals surface area contributed by atoms with E-state index < -0.39 is 0 Å². The van der Waals surface area contributed by atoms with Crippen LogP contribution in [0.5, 0.6) is 0 Å². The van der Waals surface area contributed by atoms with Crippen LogP contribution in [-0.2, 0) is 4.79 Å². The zero-order valence-corrected chi connectivity index (χ0v) is 21.4. The van der Waals surface area contributed by atoms with Gasteiger partial charge in [0.15, 0.2) is 0 Å². The number of benzene rings is 2. The number of halogens is 1. The molecule has 3 amide bonds. The summed E-state index contributed by atoms with van der Waals surface area (Å²) in [5, 5.41) is 3.41. The molecule has 3 rings (SSSR count). The van der Waals surface area contributed by atoms with Crippen LogP contribution in [0, 0.1) is 11.8 Å². The molecular formula is C28H38ClN3O2. The third-order valence-corrected chi connectivity index (χ3v) is 6.85.